The van der Waals surface area contributed by atoms with Crippen molar-refractivity contribution in [2.24, 2.45) is 7.05 Å². The van der Waals surface area contributed by atoms with Gasteiger partial charge in [-0.3, -0.25) is 4.79 Å². The number of carbonyl (C=O) groups excluding carboxylic acids is 1. The van der Waals surface area contributed by atoms with Crippen LogP contribution in [0.5, 0.6) is 5.88 Å². The maximum Gasteiger partial charge on any atom is 0.443 e. The van der Waals surface area contributed by atoms with Crippen LogP contribution in [-0.4, -0.2) is 75.6 Å². The SMILES string of the molecule is C=S(=O)(Oc1nn(C)c(-n2cc(-c3cnc(Cl)c(C(=O)N(C)C4CC4)c3)cn2)c1C(F)(F)F)C(F)(C(C)(F)F)C(F)(F)F. The summed E-state index contributed by atoms with van der Waals surface area (Å²) >= 11 is 6.08. The van der Waals surface area contributed by atoms with Gasteiger partial charge in [0.25, 0.3) is 11.8 Å². The molecule has 3 aromatic heterocycles. The van der Waals surface area contributed by atoms with Gasteiger partial charge in [0.1, 0.15) is 5.15 Å². The average Bonchev–Trinajstić information content (AvgIpc) is 3.50. The van der Waals surface area contributed by atoms with Gasteiger partial charge in [0, 0.05) is 50.6 Å². The van der Waals surface area contributed by atoms with Crippen LogP contribution in [0.2, 0.25) is 5.15 Å². The van der Waals surface area contributed by atoms with E-state index in [0.29, 0.717) is 9.36 Å². The molecule has 1 fully saturated rings. The van der Waals surface area contributed by atoms with E-state index in [9.17, 15) is 48.5 Å². The van der Waals surface area contributed by atoms with E-state index >= 15 is 0 Å². The number of pyridine rings is 1. The van der Waals surface area contributed by atoms with Gasteiger partial charge >= 0.3 is 23.3 Å². The fraction of sp³-hybridized carbons (Fsp3) is 0.435. The molecular formula is C23H20ClF9N6O3S. The van der Waals surface area contributed by atoms with Crippen molar-refractivity contribution >= 4 is 33.2 Å². The summed E-state index contributed by atoms with van der Waals surface area (Å²) in [6.07, 6.45) is -7.32. The van der Waals surface area contributed by atoms with Gasteiger partial charge in [0.15, 0.2) is 21.2 Å². The van der Waals surface area contributed by atoms with Crippen LogP contribution < -0.4 is 4.18 Å². The van der Waals surface area contributed by atoms with Crippen molar-refractivity contribution in [2.75, 3.05) is 7.05 Å². The Kier molecular flexibility index (Phi) is 7.78. The van der Waals surface area contributed by atoms with Crippen LogP contribution in [0.3, 0.4) is 0 Å². The molecule has 236 valence electrons. The van der Waals surface area contributed by atoms with Gasteiger partial charge in [-0.2, -0.15) is 31.4 Å². The number of halogens is 10. The molecular weight excluding hydrogens is 647 g/mol. The van der Waals surface area contributed by atoms with Crippen LogP contribution in [0.25, 0.3) is 16.9 Å². The number of aryl methyl sites for hydroxylation is 1. The molecule has 4 rings (SSSR count). The highest BCUT2D eigenvalue weighted by Crippen LogP contribution is 2.50. The third kappa shape index (κ3) is 5.63. The van der Waals surface area contributed by atoms with Gasteiger partial charge in [-0.1, -0.05) is 11.6 Å². The first-order valence-electron chi connectivity index (χ1n) is 11.8. The lowest BCUT2D eigenvalue weighted by molar-refractivity contribution is -0.260. The molecule has 2 atom stereocenters. The molecule has 0 N–H and O–H groups in total. The van der Waals surface area contributed by atoms with Gasteiger partial charge in [-0.25, -0.2) is 31.7 Å². The fourth-order valence-corrected chi connectivity index (χ4v) is 5.67. The van der Waals surface area contributed by atoms with E-state index in [-0.39, 0.29) is 27.9 Å². The van der Waals surface area contributed by atoms with Crippen LogP contribution in [0.15, 0.2) is 24.7 Å². The van der Waals surface area contributed by atoms with Crippen molar-refractivity contribution in [3.8, 4) is 22.8 Å². The largest absolute Gasteiger partial charge is 0.443 e. The van der Waals surface area contributed by atoms with Crippen molar-refractivity contribution in [1.82, 2.24) is 29.4 Å². The molecule has 3 heterocycles. The summed E-state index contributed by atoms with van der Waals surface area (Å²) in [4.78, 5) is 18.2. The van der Waals surface area contributed by atoms with Crippen LogP contribution in [0, 0.1) is 0 Å². The van der Waals surface area contributed by atoms with Crippen molar-refractivity contribution in [3.05, 3.63) is 40.9 Å². The number of rotatable bonds is 8. The normalized spacial score (nSPS) is 17.3. The van der Waals surface area contributed by atoms with Gasteiger partial charge in [0.2, 0.25) is 0 Å². The highest BCUT2D eigenvalue weighted by atomic mass is 35.5. The predicted octanol–water partition coefficient (Wildman–Crippen LogP) is 5.47. The van der Waals surface area contributed by atoms with Crippen molar-refractivity contribution in [2.45, 2.75) is 49.1 Å². The van der Waals surface area contributed by atoms with Gasteiger partial charge < -0.3 is 9.08 Å². The summed E-state index contributed by atoms with van der Waals surface area (Å²) in [5, 5.41) is 0.869. The Morgan fingerprint density at radius 1 is 1.12 bits per heavy atom. The Morgan fingerprint density at radius 2 is 1.72 bits per heavy atom. The lowest BCUT2D eigenvalue weighted by Gasteiger charge is -2.34. The van der Waals surface area contributed by atoms with Gasteiger partial charge in [-0.15, -0.1) is 5.10 Å². The zero-order valence-electron chi connectivity index (χ0n) is 22.1. The lowest BCUT2D eigenvalue weighted by Crippen LogP contribution is -2.60. The summed E-state index contributed by atoms with van der Waals surface area (Å²) in [6, 6.07) is 1.34. The molecule has 1 aliphatic carbocycles. The molecule has 0 bridgehead atoms. The second kappa shape index (κ2) is 10.3. The first-order valence-corrected chi connectivity index (χ1v) is 13.9. The first-order chi connectivity index (χ1) is 19.5. The summed E-state index contributed by atoms with van der Waals surface area (Å²) in [6.45, 7) is -0.580. The maximum atomic E-state index is 14.8. The number of hydrogen-bond acceptors (Lipinski definition) is 6. The fourth-order valence-electron chi connectivity index (χ4n) is 4.10. The quantitative estimate of drug-likeness (QED) is 0.180. The first kappa shape index (κ1) is 32.4. The van der Waals surface area contributed by atoms with Gasteiger partial charge in [0.05, 0.1) is 11.8 Å². The number of alkyl halides is 9. The van der Waals surface area contributed by atoms with E-state index in [2.05, 4.69) is 25.2 Å². The van der Waals surface area contributed by atoms with Crippen molar-refractivity contribution < 1.29 is 52.7 Å². The molecule has 2 unspecified atom stereocenters. The zero-order valence-corrected chi connectivity index (χ0v) is 23.7. The van der Waals surface area contributed by atoms with Gasteiger partial charge in [-0.05, 0) is 24.8 Å². The number of amides is 1. The van der Waals surface area contributed by atoms with E-state index in [1.807, 2.05) is 0 Å². The smallest absolute Gasteiger partial charge is 0.383 e. The Morgan fingerprint density at radius 3 is 2.23 bits per heavy atom. The molecule has 0 spiro atoms. The van der Waals surface area contributed by atoms with Crippen molar-refractivity contribution in [3.63, 3.8) is 0 Å². The highest BCUT2D eigenvalue weighted by molar-refractivity contribution is 7.97. The van der Waals surface area contributed by atoms with Crippen molar-refractivity contribution in [1.29, 1.82) is 0 Å². The van der Waals surface area contributed by atoms with E-state index in [1.54, 1.807) is 7.05 Å². The van der Waals surface area contributed by atoms with Crippen LogP contribution in [-0.2, 0) is 23.0 Å². The predicted molar refractivity (Wildman–Crippen MR) is 135 cm³/mol. The molecule has 43 heavy (non-hydrogen) atoms. The molecule has 9 nitrogen and oxygen atoms in total. The summed E-state index contributed by atoms with van der Waals surface area (Å²) in [7, 11) is -3.82. The number of hydrogen-bond donors (Lipinski definition) is 0. The minimum absolute atomic E-state index is 0.00850. The Balaban J connectivity index is 1.78. The molecule has 0 radical (unpaired) electrons. The molecule has 1 saturated carbocycles. The standard InChI is InChI=1S/C23H20ClF9N6O3S/c1-20(25,26)22(30,23(31,32)33)43(4,41)42-17-15(21(27,28)29)18(38(3)36-17)39-10-12(9-35-39)11-7-14(16(24)34-8-11)19(40)37(2)13-5-6-13/h7-10,13H,4-6H2,1-3H3. The summed E-state index contributed by atoms with van der Waals surface area (Å²) in [5.74, 6) is -6.65. The topological polar surface area (TPSA) is 95.1 Å². The number of carbonyl (C=O) groups is 1. The molecule has 0 aromatic carbocycles. The Hall–Kier alpha value is -3.48. The molecule has 1 amide bonds. The molecule has 0 aliphatic heterocycles. The van der Waals surface area contributed by atoms with Crippen LogP contribution in [0.1, 0.15) is 35.7 Å². The van der Waals surface area contributed by atoms with E-state index in [4.69, 9.17) is 11.6 Å². The van der Waals surface area contributed by atoms with E-state index in [0.717, 1.165) is 32.3 Å². The minimum atomic E-state index is -6.59. The average molecular weight is 667 g/mol. The molecule has 3 aromatic rings. The number of nitrogens with zero attached hydrogens (tertiary/aromatic N) is 6. The maximum absolute atomic E-state index is 14.8. The summed E-state index contributed by atoms with van der Waals surface area (Å²) in [5.41, 5.74) is -1.78. The zero-order chi connectivity index (χ0) is 32.5. The Bertz CT molecular complexity index is 1660. The Labute approximate surface area is 242 Å². The molecule has 0 saturated heterocycles. The third-order valence-corrected chi connectivity index (χ3v) is 8.63. The van der Waals surface area contributed by atoms with E-state index < -0.39 is 63.2 Å². The minimum Gasteiger partial charge on any atom is -0.383 e. The number of aromatic nitrogens is 5. The third-order valence-electron chi connectivity index (χ3n) is 6.46. The molecule has 1 aliphatic rings. The second-order valence-corrected chi connectivity index (χ2v) is 12.0. The van der Waals surface area contributed by atoms with E-state index in [1.165, 1.54) is 17.2 Å². The van der Waals surface area contributed by atoms with Crippen LogP contribution in [0.4, 0.5) is 39.5 Å². The molecule has 20 heteroatoms. The van der Waals surface area contributed by atoms with Crippen LogP contribution >= 0.6 is 11.6 Å². The lowest BCUT2D eigenvalue weighted by atomic mass is 10.1. The highest BCUT2D eigenvalue weighted by Gasteiger charge is 2.76. The monoisotopic (exact) mass is 666 g/mol. The second-order valence-electron chi connectivity index (χ2n) is 9.69. The summed E-state index contributed by atoms with van der Waals surface area (Å²) < 4.78 is 143.